The molecule has 0 aromatic carbocycles. The zero-order valence-corrected chi connectivity index (χ0v) is 11.7. The van der Waals surface area contributed by atoms with E-state index in [1.807, 2.05) is 4.90 Å². The third-order valence-corrected chi connectivity index (χ3v) is 2.95. The van der Waals surface area contributed by atoms with Gasteiger partial charge in [0.15, 0.2) is 6.61 Å². The highest BCUT2D eigenvalue weighted by Crippen LogP contribution is 2.15. The van der Waals surface area contributed by atoms with Gasteiger partial charge in [-0.3, -0.25) is 0 Å². The molecule has 1 fully saturated rings. The first kappa shape index (κ1) is 16.3. The maximum absolute atomic E-state index is 11.9. The van der Waals surface area contributed by atoms with Gasteiger partial charge in [-0.25, -0.2) is 9.78 Å². The number of nitrogens with zero attached hydrogens (tertiary/aromatic N) is 2. The van der Waals surface area contributed by atoms with E-state index in [1.54, 1.807) is 18.3 Å². The van der Waals surface area contributed by atoms with Crippen molar-refractivity contribution in [1.29, 1.82) is 0 Å². The van der Waals surface area contributed by atoms with Crippen LogP contribution in [0.5, 0.6) is 0 Å². The molecule has 0 unspecified atom stereocenters. The SMILES string of the molecule is O=C(NCc1ccnc(N2CCOCC2)c1)OCC(F)(F)F. The third-order valence-electron chi connectivity index (χ3n) is 2.95. The number of ether oxygens (including phenoxy) is 2. The van der Waals surface area contributed by atoms with Crippen molar-refractivity contribution in [2.24, 2.45) is 0 Å². The number of hydrogen-bond donors (Lipinski definition) is 1. The Labute approximate surface area is 125 Å². The van der Waals surface area contributed by atoms with Crippen LogP contribution in [-0.4, -0.2) is 50.2 Å². The molecule has 0 bridgehead atoms. The van der Waals surface area contributed by atoms with Gasteiger partial charge in [0, 0.05) is 25.8 Å². The summed E-state index contributed by atoms with van der Waals surface area (Å²) in [7, 11) is 0. The number of morpholine rings is 1. The summed E-state index contributed by atoms with van der Waals surface area (Å²) in [6, 6.07) is 3.45. The van der Waals surface area contributed by atoms with Gasteiger partial charge in [0.05, 0.1) is 13.2 Å². The Morgan fingerprint density at radius 2 is 2.14 bits per heavy atom. The molecule has 1 aromatic heterocycles. The second-order valence-electron chi connectivity index (χ2n) is 4.67. The number of rotatable bonds is 4. The molecule has 22 heavy (non-hydrogen) atoms. The lowest BCUT2D eigenvalue weighted by Gasteiger charge is -2.28. The highest BCUT2D eigenvalue weighted by molar-refractivity contribution is 5.67. The monoisotopic (exact) mass is 319 g/mol. The molecule has 0 aliphatic carbocycles. The summed E-state index contributed by atoms with van der Waals surface area (Å²) in [5.41, 5.74) is 0.723. The Morgan fingerprint density at radius 1 is 1.41 bits per heavy atom. The smallest absolute Gasteiger partial charge is 0.422 e. The molecule has 0 atom stereocenters. The number of aromatic nitrogens is 1. The van der Waals surface area contributed by atoms with Crippen molar-refractivity contribution in [3.05, 3.63) is 23.9 Å². The third kappa shape index (κ3) is 5.40. The van der Waals surface area contributed by atoms with Gasteiger partial charge in [-0.05, 0) is 17.7 Å². The predicted molar refractivity (Wildman–Crippen MR) is 71.5 cm³/mol. The van der Waals surface area contributed by atoms with Gasteiger partial charge < -0.3 is 19.7 Å². The van der Waals surface area contributed by atoms with Gasteiger partial charge in [-0.1, -0.05) is 0 Å². The van der Waals surface area contributed by atoms with Gasteiger partial charge in [-0.15, -0.1) is 0 Å². The molecule has 1 N–H and O–H groups in total. The van der Waals surface area contributed by atoms with Gasteiger partial charge in [-0.2, -0.15) is 13.2 Å². The molecule has 1 aliphatic rings. The van der Waals surface area contributed by atoms with E-state index < -0.39 is 18.9 Å². The summed E-state index contributed by atoms with van der Waals surface area (Å²) in [5, 5.41) is 2.27. The molecular weight excluding hydrogens is 303 g/mol. The molecule has 9 heteroatoms. The van der Waals surface area contributed by atoms with E-state index in [4.69, 9.17) is 4.74 Å². The fourth-order valence-electron chi connectivity index (χ4n) is 1.91. The van der Waals surface area contributed by atoms with Crippen LogP contribution in [0.1, 0.15) is 5.56 Å². The van der Waals surface area contributed by atoms with Crippen molar-refractivity contribution in [3.63, 3.8) is 0 Å². The minimum absolute atomic E-state index is 0.0660. The normalized spacial score (nSPS) is 15.5. The highest BCUT2D eigenvalue weighted by atomic mass is 19.4. The second-order valence-corrected chi connectivity index (χ2v) is 4.67. The van der Waals surface area contributed by atoms with Crippen molar-refractivity contribution in [2.75, 3.05) is 37.8 Å². The van der Waals surface area contributed by atoms with Crippen molar-refractivity contribution in [1.82, 2.24) is 10.3 Å². The first-order valence-electron chi connectivity index (χ1n) is 6.69. The predicted octanol–water partition coefficient (Wildman–Crippen LogP) is 1.71. The Bertz CT molecular complexity index is 505. The molecule has 2 rings (SSSR count). The Hall–Kier alpha value is -2.03. The number of amides is 1. The van der Waals surface area contributed by atoms with Crippen LogP contribution < -0.4 is 10.2 Å². The molecular formula is C13H16F3N3O3. The summed E-state index contributed by atoms with van der Waals surface area (Å²) in [5.74, 6) is 0.742. The summed E-state index contributed by atoms with van der Waals surface area (Å²) in [4.78, 5) is 17.4. The Balaban J connectivity index is 1.84. The number of anilines is 1. The number of carbonyl (C=O) groups is 1. The average Bonchev–Trinajstić information content (AvgIpc) is 2.51. The number of halogens is 3. The fourth-order valence-corrected chi connectivity index (χ4v) is 1.91. The standard InChI is InChI=1S/C13H16F3N3O3/c14-13(15,16)9-22-12(20)18-8-10-1-2-17-11(7-10)19-3-5-21-6-4-19/h1-2,7H,3-6,8-9H2,(H,18,20). The summed E-state index contributed by atoms with van der Waals surface area (Å²) >= 11 is 0. The lowest BCUT2D eigenvalue weighted by Crippen LogP contribution is -2.36. The first-order chi connectivity index (χ1) is 10.4. The maximum atomic E-state index is 11.9. The van der Waals surface area contributed by atoms with Crippen LogP contribution in [0.25, 0.3) is 0 Å². The molecule has 122 valence electrons. The Morgan fingerprint density at radius 3 is 2.82 bits per heavy atom. The molecule has 6 nitrogen and oxygen atoms in total. The minimum Gasteiger partial charge on any atom is -0.440 e. The number of carbonyl (C=O) groups excluding carboxylic acids is 1. The topological polar surface area (TPSA) is 63.7 Å². The van der Waals surface area contributed by atoms with Crippen LogP contribution in [0.4, 0.5) is 23.8 Å². The zero-order valence-electron chi connectivity index (χ0n) is 11.7. The fraction of sp³-hybridized carbons (Fsp3) is 0.538. The quantitative estimate of drug-likeness (QED) is 0.915. The average molecular weight is 319 g/mol. The molecule has 1 amide bonds. The van der Waals surface area contributed by atoms with E-state index in [1.165, 1.54) is 0 Å². The van der Waals surface area contributed by atoms with Crippen LogP contribution in [0.15, 0.2) is 18.3 Å². The highest BCUT2D eigenvalue weighted by Gasteiger charge is 2.29. The number of hydrogen-bond acceptors (Lipinski definition) is 5. The van der Waals surface area contributed by atoms with Crippen LogP contribution >= 0.6 is 0 Å². The Kier molecular flexibility index (Phi) is 5.42. The van der Waals surface area contributed by atoms with E-state index in [0.29, 0.717) is 13.2 Å². The van der Waals surface area contributed by atoms with Crippen molar-refractivity contribution in [3.8, 4) is 0 Å². The van der Waals surface area contributed by atoms with Crippen LogP contribution in [0.3, 0.4) is 0 Å². The summed E-state index contributed by atoms with van der Waals surface area (Å²) in [6.07, 6.45) is -4.05. The molecule has 1 aromatic rings. The summed E-state index contributed by atoms with van der Waals surface area (Å²) in [6.45, 7) is 1.14. The van der Waals surface area contributed by atoms with E-state index in [0.717, 1.165) is 24.5 Å². The minimum atomic E-state index is -4.53. The molecule has 0 spiro atoms. The first-order valence-corrected chi connectivity index (χ1v) is 6.69. The van der Waals surface area contributed by atoms with E-state index in [9.17, 15) is 18.0 Å². The molecule has 0 saturated carbocycles. The van der Waals surface area contributed by atoms with Crippen LogP contribution in [-0.2, 0) is 16.0 Å². The molecule has 1 aliphatic heterocycles. The summed E-state index contributed by atoms with van der Waals surface area (Å²) < 4.78 is 45.0. The van der Waals surface area contributed by atoms with Gasteiger partial charge in [0.1, 0.15) is 5.82 Å². The van der Waals surface area contributed by atoms with E-state index in [2.05, 4.69) is 15.0 Å². The van der Waals surface area contributed by atoms with E-state index >= 15 is 0 Å². The molecule has 2 heterocycles. The van der Waals surface area contributed by atoms with Gasteiger partial charge in [0.2, 0.25) is 0 Å². The lowest BCUT2D eigenvalue weighted by atomic mass is 10.2. The van der Waals surface area contributed by atoms with Crippen LogP contribution in [0, 0.1) is 0 Å². The lowest BCUT2D eigenvalue weighted by molar-refractivity contribution is -0.160. The van der Waals surface area contributed by atoms with Crippen molar-refractivity contribution >= 4 is 11.9 Å². The number of alkyl carbamates (subject to hydrolysis) is 1. The van der Waals surface area contributed by atoms with Crippen LogP contribution in [0.2, 0.25) is 0 Å². The van der Waals surface area contributed by atoms with E-state index in [-0.39, 0.29) is 6.54 Å². The van der Waals surface area contributed by atoms with Crippen molar-refractivity contribution in [2.45, 2.75) is 12.7 Å². The number of pyridine rings is 1. The van der Waals surface area contributed by atoms with Gasteiger partial charge in [0.25, 0.3) is 0 Å². The second kappa shape index (κ2) is 7.30. The largest absolute Gasteiger partial charge is 0.440 e. The zero-order chi connectivity index (χ0) is 16.0. The molecule has 0 radical (unpaired) electrons. The van der Waals surface area contributed by atoms with Gasteiger partial charge >= 0.3 is 12.3 Å². The number of nitrogens with one attached hydrogen (secondary N) is 1. The maximum Gasteiger partial charge on any atom is 0.422 e. The van der Waals surface area contributed by atoms with Crippen molar-refractivity contribution < 1.29 is 27.4 Å². The number of alkyl halides is 3. The molecule has 1 saturated heterocycles.